The molecule has 98 valence electrons. The highest BCUT2D eigenvalue weighted by molar-refractivity contribution is 5.76. The van der Waals surface area contributed by atoms with E-state index in [1.807, 2.05) is 6.07 Å². The van der Waals surface area contributed by atoms with Crippen LogP contribution in [0.3, 0.4) is 0 Å². The maximum absolute atomic E-state index is 11.1. The highest BCUT2D eigenvalue weighted by Crippen LogP contribution is 2.23. The highest BCUT2D eigenvalue weighted by Gasteiger charge is 2.23. The summed E-state index contributed by atoms with van der Waals surface area (Å²) in [6.45, 7) is 1.01. The van der Waals surface area contributed by atoms with Crippen molar-refractivity contribution in [1.82, 2.24) is 5.32 Å². The number of nitrogens with two attached hydrogens (primary N) is 1. The molecule has 1 aliphatic carbocycles. The maximum atomic E-state index is 11.1. The third-order valence-corrected chi connectivity index (χ3v) is 3.82. The largest absolute Gasteiger partial charge is 0.369 e. The Morgan fingerprint density at radius 1 is 1.17 bits per heavy atom. The monoisotopic (exact) mass is 246 g/mol. The van der Waals surface area contributed by atoms with E-state index in [0.29, 0.717) is 6.04 Å². The van der Waals surface area contributed by atoms with Crippen molar-refractivity contribution in [2.24, 2.45) is 11.7 Å². The molecule has 1 fully saturated rings. The van der Waals surface area contributed by atoms with Gasteiger partial charge < -0.3 is 11.1 Å². The number of carbonyl (C=O) groups is 1. The van der Waals surface area contributed by atoms with Gasteiger partial charge in [-0.1, -0.05) is 30.3 Å². The summed E-state index contributed by atoms with van der Waals surface area (Å²) < 4.78 is 0. The van der Waals surface area contributed by atoms with Crippen LogP contribution in [0.15, 0.2) is 30.3 Å². The first-order valence-corrected chi connectivity index (χ1v) is 6.82. The highest BCUT2D eigenvalue weighted by atomic mass is 16.1. The van der Waals surface area contributed by atoms with Crippen LogP contribution < -0.4 is 11.1 Å². The molecule has 0 aromatic heterocycles. The van der Waals surface area contributed by atoms with Gasteiger partial charge in [-0.05, 0) is 44.2 Å². The second-order valence-electron chi connectivity index (χ2n) is 5.14. The van der Waals surface area contributed by atoms with E-state index in [1.165, 1.54) is 5.56 Å². The maximum Gasteiger partial charge on any atom is 0.220 e. The molecule has 18 heavy (non-hydrogen) atoms. The first kappa shape index (κ1) is 13.1. The minimum atomic E-state index is -0.127. The quantitative estimate of drug-likeness (QED) is 0.833. The molecule has 0 spiro atoms. The van der Waals surface area contributed by atoms with E-state index in [9.17, 15) is 4.79 Å². The summed E-state index contributed by atoms with van der Waals surface area (Å²) in [5.41, 5.74) is 6.70. The zero-order chi connectivity index (χ0) is 12.8. The molecule has 1 amide bonds. The molecule has 0 unspecified atom stereocenters. The van der Waals surface area contributed by atoms with E-state index < -0.39 is 0 Å². The minimum Gasteiger partial charge on any atom is -0.369 e. The number of primary amides is 1. The first-order valence-electron chi connectivity index (χ1n) is 6.82. The molecule has 1 aromatic carbocycles. The average Bonchev–Trinajstić information content (AvgIpc) is 2.40. The fourth-order valence-corrected chi connectivity index (χ4v) is 2.65. The third kappa shape index (κ3) is 3.84. The van der Waals surface area contributed by atoms with Crippen molar-refractivity contribution in [1.29, 1.82) is 0 Å². The second kappa shape index (κ2) is 6.55. The number of hydrogen-bond donors (Lipinski definition) is 2. The van der Waals surface area contributed by atoms with E-state index in [4.69, 9.17) is 5.73 Å². The van der Waals surface area contributed by atoms with Crippen molar-refractivity contribution >= 4 is 5.91 Å². The van der Waals surface area contributed by atoms with Crippen LogP contribution in [0.1, 0.15) is 31.2 Å². The number of carbonyl (C=O) groups excluding carboxylic acids is 1. The SMILES string of the molecule is NC(=O)C1CCC(NCCc2ccccc2)CC1. The van der Waals surface area contributed by atoms with Gasteiger partial charge in [0.05, 0.1) is 0 Å². The predicted molar refractivity (Wildman–Crippen MR) is 73.1 cm³/mol. The lowest BCUT2D eigenvalue weighted by Crippen LogP contribution is -2.37. The molecule has 0 aliphatic heterocycles. The molecule has 0 radical (unpaired) electrons. The Bertz CT molecular complexity index is 369. The van der Waals surface area contributed by atoms with Gasteiger partial charge in [-0.15, -0.1) is 0 Å². The normalized spacial score (nSPS) is 23.8. The molecule has 3 nitrogen and oxygen atoms in total. The van der Waals surface area contributed by atoms with Crippen LogP contribution >= 0.6 is 0 Å². The topological polar surface area (TPSA) is 55.1 Å². The zero-order valence-corrected chi connectivity index (χ0v) is 10.8. The van der Waals surface area contributed by atoms with Crippen molar-refractivity contribution in [2.75, 3.05) is 6.54 Å². The van der Waals surface area contributed by atoms with Crippen LogP contribution in [0.5, 0.6) is 0 Å². The van der Waals surface area contributed by atoms with Crippen LogP contribution in [0, 0.1) is 5.92 Å². The molecule has 0 heterocycles. The Hall–Kier alpha value is -1.35. The zero-order valence-electron chi connectivity index (χ0n) is 10.8. The van der Waals surface area contributed by atoms with Crippen molar-refractivity contribution in [3.63, 3.8) is 0 Å². The second-order valence-corrected chi connectivity index (χ2v) is 5.14. The van der Waals surface area contributed by atoms with Gasteiger partial charge in [-0.3, -0.25) is 4.79 Å². The number of rotatable bonds is 5. The summed E-state index contributed by atoms with van der Waals surface area (Å²) in [5, 5.41) is 3.58. The van der Waals surface area contributed by atoms with Crippen molar-refractivity contribution in [3.8, 4) is 0 Å². The van der Waals surface area contributed by atoms with Gasteiger partial charge in [-0.2, -0.15) is 0 Å². The average molecular weight is 246 g/mol. The lowest BCUT2D eigenvalue weighted by molar-refractivity contribution is -0.122. The number of amides is 1. The molecule has 2 rings (SSSR count). The molecule has 0 atom stereocenters. The van der Waals surface area contributed by atoms with Crippen LogP contribution in [0.2, 0.25) is 0 Å². The van der Waals surface area contributed by atoms with Crippen molar-refractivity contribution in [3.05, 3.63) is 35.9 Å². The molecule has 0 saturated heterocycles. The Morgan fingerprint density at radius 3 is 2.44 bits per heavy atom. The molecule has 1 aliphatic rings. The summed E-state index contributed by atoms with van der Waals surface area (Å²) >= 11 is 0. The summed E-state index contributed by atoms with van der Waals surface area (Å²) in [7, 11) is 0. The van der Waals surface area contributed by atoms with Gasteiger partial charge in [0.25, 0.3) is 0 Å². The molecular weight excluding hydrogens is 224 g/mol. The van der Waals surface area contributed by atoms with E-state index in [2.05, 4.69) is 29.6 Å². The standard InChI is InChI=1S/C15H22N2O/c16-15(18)13-6-8-14(9-7-13)17-11-10-12-4-2-1-3-5-12/h1-5,13-14,17H,6-11H2,(H2,16,18). The molecule has 3 heteroatoms. The summed E-state index contributed by atoms with van der Waals surface area (Å²) in [6.07, 6.45) is 5.10. The summed E-state index contributed by atoms with van der Waals surface area (Å²) in [4.78, 5) is 11.1. The Kier molecular flexibility index (Phi) is 4.76. The van der Waals surface area contributed by atoms with Gasteiger partial charge in [-0.25, -0.2) is 0 Å². The predicted octanol–water partition coefficient (Wildman–Crippen LogP) is 1.86. The fourth-order valence-electron chi connectivity index (χ4n) is 2.65. The molecule has 3 N–H and O–H groups in total. The van der Waals surface area contributed by atoms with Crippen LogP contribution in [-0.2, 0) is 11.2 Å². The van der Waals surface area contributed by atoms with E-state index in [0.717, 1.165) is 38.6 Å². The fraction of sp³-hybridized carbons (Fsp3) is 0.533. The van der Waals surface area contributed by atoms with E-state index >= 15 is 0 Å². The van der Waals surface area contributed by atoms with Crippen LogP contribution in [0.4, 0.5) is 0 Å². The molecule has 1 aromatic rings. The van der Waals surface area contributed by atoms with Gasteiger partial charge in [0.1, 0.15) is 0 Å². The lowest BCUT2D eigenvalue weighted by Gasteiger charge is -2.27. The Labute approximate surface area is 109 Å². The Balaban J connectivity index is 1.65. The Morgan fingerprint density at radius 2 is 1.83 bits per heavy atom. The van der Waals surface area contributed by atoms with Crippen molar-refractivity contribution < 1.29 is 4.79 Å². The molecule has 0 bridgehead atoms. The number of benzene rings is 1. The van der Waals surface area contributed by atoms with Gasteiger partial charge in [0.15, 0.2) is 0 Å². The van der Waals surface area contributed by atoms with Gasteiger partial charge >= 0.3 is 0 Å². The first-order chi connectivity index (χ1) is 8.75. The third-order valence-electron chi connectivity index (χ3n) is 3.82. The summed E-state index contributed by atoms with van der Waals surface area (Å²) in [6, 6.07) is 11.1. The van der Waals surface area contributed by atoms with E-state index in [1.54, 1.807) is 0 Å². The van der Waals surface area contributed by atoms with Crippen LogP contribution in [-0.4, -0.2) is 18.5 Å². The van der Waals surface area contributed by atoms with Gasteiger partial charge in [0, 0.05) is 12.0 Å². The lowest BCUT2D eigenvalue weighted by atomic mass is 9.85. The summed E-state index contributed by atoms with van der Waals surface area (Å²) in [5.74, 6) is -0.0186. The smallest absolute Gasteiger partial charge is 0.220 e. The molecule has 1 saturated carbocycles. The number of hydrogen-bond acceptors (Lipinski definition) is 2. The molecular formula is C15H22N2O. The van der Waals surface area contributed by atoms with Gasteiger partial charge in [0.2, 0.25) is 5.91 Å². The minimum absolute atomic E-state index is 0.108. The van der Waals surface area contributed by atoms with E-state index in [-0.39, 0.29) is 11.8 Å². The van der Waals surface area contributed by atoms with Crippen LogP contribution in [0.25, 0.3) is 0 Å². The number of nitrogens with one attached hydrogen (secondary N) is 1. The van der Waals surface area contributed by atoms with Crippen molar-refractivity contribution in [2.45, 2.75) is 38.1 Å².